The minimum atomic E-state index is -1.28. The first-order valence-corrected chi connectivity index (χ1v) is 6.12. The fraction of sp³-hybridized carbons (Fsp3) is 0.143. The third-order valence-electron chi connectivity index (χ3n) is 2.72. The van der Waals surface area contributed by atoms with Crippen molar-refractivity contribution in [2.75, 3.05) is 19.0 Å². The summed E-state index contributed by atoms with van der Waals surface area (Å²) in [5, 5.41) is 12.8. The summed E-state index contributed by atoms with van der Waals surface area (Å²) in [6.07, 6.45) is 4.46. The molecule has 0 unspecified atom stereocenters. The van der Waals surface area contributed by atoms with Crippen molar-refractivity contribution in [2.24, 2.45) is 5.10 Å². The molecule has 0 amide bonds. The quantitative estimate of drug-likeness (QED) is 0.843. The lowest BCUT2D eigenvalue weighted by Crippen LogP contribution is -2.23. The van der Waals surface area contributed by atoms with Crippen molar-refractivity contribution in [3.05, 3.63) is 58.1 Å². The Hall–Kier alpha value is -2.96. The maximum Gasteiger partial charge on any atom is 0.341 e. The summed E-state index contributed by atoms with van der Waals surface area (Å²) in [6, 6.07) is 6.31. The van der Waals surface area contributed by atoms with Gasteiger partial charge < -0.3 is 10.0 Å². The standard InChI is InChI=1S/C14H14N4O3/c1-17(2)12-6-5-10(8-15-12)9-16-18-7-3-4-11(13(18)19)14(20)21/h3-9H,1-2H3,(H,20,21). The van der Waals surface area contributed by atoms with Crippen molar-refractivity contribution in [1.82, 2.24) is 9.66 Å². The van der Waals surface area contributed by atoms with Gasteiger partial charge in [-0.3, -0.25) is 4.79 Å². The molecule has 2 aromatic rings. The number of aromatic carboxylic acids is 1. The van der Waals surface area contributed by atoms with Crippen LogP contribution in [0.3, 0.4) is 0 Å². The first-order valence-electron chi connectivity index (χ1n) is 6.12. The van der Waals surface area contributed by atoms with Crippen molar-refractivity contribution < 1.29 is 9.90 Å². The Bertz CT molecular complexity index is 733. The molecule has 0 atom stereocenters. The van der Waals surface area contributed by atoms with E-state index in [1.165, 1.54) is 24.5 Å². The Kier molecular flexibility index (Phi) is 4.13. The molecule has 108 valence electrons. The Labute approximate surface area is 120 Å². The molecule has 0 saturated carbocycles. The van der Waals surface area contributed by atoms with E-state index in [0.29, 0.717) is 5.56 Å². The molecule has 0 aromatic carbocycles. The second kappa shape index (κ2) is 6.00. The second-order valence-corrected chi connectivity index (χ2v) is 4.47. The maximum atomic E-state index is 11.8. The number of carboxylic acids is 1. The number of carboxylic acid groups (broad SMARTS) is 1. The van der Waals surface area contributed by atoms with Crippen molar-refractivity contribution in [2.45, 2.75) is 0 Å². The highest BCUT2D eigenvalue weighted by atomic mass is 16.4. The van der Waals surface area contributed by atoms with Gasteiger partial charge >= 0.3 is 5.97 Å². The van der Waals surface area contributed by atoms with Crippen molar-refractivity contribution in [1.29, 1.82) is 0 Å². The van der Waals surface area contributed by atoms with Gasteiger partial charge in [-0.25, -0.2) is 14.5 Å². The van der Waals surface area contributed by atoms with Crippen LogP contribution in [-0.2, 0) is 0 Å². The number of anilines is 1. The monoisotopic (exact) mass is 286 g/mol. The molecule has 1 N–H and O–H groups in total. The molecule has 0 spiro atoms. The zero-order chi connectivity index (χ0) is 15.4. The summed E-state index contributed by atoms with van der Waals surface area (Å²) >= 11 is 0. The first kappa shape index (κ1) is 14.4. The van der Waals surface area contributed by atoms with Gasteiger partial charge in [-0.05, 0) is 24.3 Å². The zero-order valence-electron chi connectivity index (χ0n) is 11.6. The van der Waals surface area contributed by atoms with E-state index in [1.54, 1.807) is 12.3 Å². The molecular weight excluding hydrogens is 272 g/mol. The molecule has 0 bridgehead atoms. The third kappa shape index (κ3) is 3.33. The topological polar surface area (TPSA) is 87.8 Å². The molecule has 7 heteroatoms. The SMILES string of the molecule is CN(C)c1ccc(C=Nn2cccc(C(=O)O)c2=O)cn1. The van der Waals surface area contributed by atoms with E-state index in [2.05, 4.69) is 10.1 Å². The number of rotatable bonds is 4. The van der Waals surface area contributed by atoms with E-state index >= 15 is 0 Å². The minimum absolute atomic E-state index is 0.323. The van der Waals surface area contributed by atoms with Gasteiger partial charge in [-0.15, -0.1) is 0 Å². The van der Waals surface area contributed by atoms with Crippen LogP contribution < -0.4 is 10.5 Å². The number of hydrogen-bond acceptors (Lipinski definition) is 5. The lowest BCUT2D eigenvalue weighted by Gasteiger charge is -2.10. The van der Waals surface area contributed by atoms with Crippen molar-refractivity contribution >= 4 is 18.0 Å². The van der Waals surface area contributed by atoms with Gasteiger partial charge in [0, 0.05) is 32.1 Å². The van der Waals surface area contributed by atoms with E-state index < -0.39 is 11.5 Å². The molecule has 0 saturated heterocycles. The number of carbonyl (C=O) groups is 1. The second-order valence-electron chi connectivity index (χ2n) is 4.47. The largest absolute Gasteiger partial charge is 0.477 e. The molecule has 7 nitrogen and oxygen atoms in total. The smallest absolute Gasteiger partial charge is 0.341 e. The van der Waals surface area contributed by atoms with Gasteiger partial charge in [0.2, 0.25) is 0 Å². The van der Waals surface area contributed by atoms with E-state index in [-0.39, 0.29) is 5.56 Å². The molecule has 0 aliphatic heterocycles. The summed E-state index contributed by atoms with van der Waals surface area (Å²) in [4.78, 5) is 28.8. The normalized spacial score (nSPS) is 10.8. The molecular formula is C14H14N4O3. The summed E-state index contributed by atoms with van der Waals surface area (Å²) in [7, 11) is 3.76. The maximum absolute atomic E-state index is 11.8. The average Bonchev–Trinajstić information content (AvgIpc) is 2.46. The van der Waals surface area contributed by atoms with Gasteiger partial charge in [-0.1, -0.05) is 0 Å². The predicted octanol–water partition coefficient (Wildman–Crippen LogP) is 0.890. The van der Waals surface area contributed by atoms with Crippen LogP contribution in [0.5, 0.6) is 0 Å². The van der Waals surface area contributed by atoms with Crippen LogP contribution in [0.15, 0.2) is 46.6 Å². The highest BCUT2D eigenvalue weighted by Gasteiger charge is 2.09. The lowest BCUT2D eigenvalue weighted by atomic mass is 10.3. The van der Waals surface area contributed by atoms with Gasteiger partial charge in [0.05, 0.1) is 6.21 Å². The Morgan fingerprint density at radius 3 is 2.71 bits per heavy atom. The summed E-state index contributed by atoms with van der Waals surface area (Å²) in [6.45, 7) is 0. The van der Waals surface area contributed by atoms with Crippen LogP contribution in [-0.4, -0.2) is 41.0 Å². The van der Waals surface area contributed by atoms with E-state index in [4.69, 9.17) is 5.11 Å². The van der Waals surface area contributed by atoms with E-state index in [9.17, 15) is 9.59 Å². The summed E-state index contributed by atoms with van der Waals surface area (Å²) in [5.41, 5.74) is -0.303. The predicted molar refractivity (Wildman–Crippen MR) is 79.2 cm³/mol. The van der Waals surface area contributed by atoms with Gasteiger partial charge in [0.1, 0.15) is 11.4 Å². The fourth-order valence-corrected chi connectivity index (χ4v) is 1.60. The molecule has 0 aliphatic rings. The molecule has 2 heterocycles. The van der Waals surface area contributed by atoms with Crippen LogP contribution in [0.25, 0.3) is 0 Å². The van der Waals surface area contributed by atoms with Crippen LogP contribution in [0.2, 0.25) is 0 Å². The number of pyridine rings is 2. The van der Waals surface area contributed by atoms with Gasteiger partial charge in [-0.2, -0.15) is 5.10 Å². The van der Waals surface area contributed by atoms with E-state index in [1.807, 2.05) is 25.1 Å². The Balaban J connectivity index is 2.27. The van der Waals surface area contributed by atoms with Gasteiger partial charge in [0.25, 0.3) is 5.56 Å². The average molecular weight is 286 g/mol. The molecule has 2 aromatic heterocycles. The highest BCUT2D eigenvalue weighted by Crippen LogP contribution is 2.06. The van der Waals surface area contributed by atoms with E-state index in [0.717, 1.165) is 10.5 Å². The summed E-state index contributed by atoms with van der Waals surface area (Å²) < 4.78 is 0.976. The fourth-order valence-electron chi connectivity index (χ4n) is 1.60. The minimum Gasteiger partial charge on any atom is -0.477 e. The Morgan fingerprint density at radius 2 is 2.14 bits per heavy atom. The van der Waals surface area contributed by atoms with Gasteiger partial charge in [0.15, 0.2) is 0 Å². The lowest BCUT2D eigenvalue weighted by molar-refractivity contribution is 0.0694. The number of nitrogens with zero attached hydrogens (tertiary/aromatic N) is 4. The summed E-state index contributed by atoms with van der Waals surface area (Å²) in [5.74, 6) is -0.473. The van der Waals surface area contributed by atoms with Crippen molar-refractivity contribution in [3.8, 4) is 0 Å². The number of hydrogen-bond donors (Lipinski definition) is 1. The third-order valence-corrected chi connectivity index (χ3v) is 2.72. The van der Waals surface area contributed by atoms with Crippen LogP contribution in [0.1, 0.15) is 15.9 Å². The van der Waals surface area contributed by atoms with Crippen LogP contribution >= 0.6 is 0 Å². The zero-order valence-corrected chi connectivity index (χ0v) is 11.6. The Morgan fingerprint density at radius 1 is 1.38 bits per heavy atom. The molecule has 2 rings (SSSR count). The number of aromatic nitrogens is 2. The van der Waals surface area contributed by atoms with Crippen LogP contribution in [0.4, 0.5) is 5.82 Å². The van der Waals surface area contributed by atoms with Crippen molar-refractivity contribution in [3.63, 3.8) is 0 Å². The molecule has 0 fully saturated rings. The van der Waals surface area contributed by atoms with Crippen LogP contribution in [0, 0.1) is 0 Å². The molecule has 21 heavy (non-hydrogen) atoms. The highest BCUT2D eigenvalue weighted by molar-refractivity contribution is 5.87. The first-order chi connectivity index (χ1) is 9.99. The molecule has 0 aliphatic carbocycles. The molecule has 0 radical (unpaired) electrons.